The second-order valence-corrected chi connectivity index (χ2v) is 6.50. The molecule has 116 valence electrons. The summed E-state index contributed by atoms with van der Waals surface area (Å²) < 4.78 is 0. The average molecular weight is 282 g/mol. The largest absolute Gasteiger partial charge is 0.481 e. The minimum atomic E-state index is -0.660. The fourth-order valence-corrected chi connectivity index (χ4v) is 3.51. The molecule has 4 heteroatoms. The molecule has 0 saturated carbocycles. The van der Waals surface area contributed by atoms with E-state index in [9.17, 15) is 4.79 Å². The summed E-state index contributed by atoms with van der Waals surface area (Å²) in [7, 11) is 0. The van der Waals surface area contributed by atoms with Crippen LogP contribution >= 0.6 is 0 Å². The summed E-state index contributed by atoms with van der Waals surface area (Å²) in [6.45, 7) is 7.63. The van der Waals surface area contributed by atoms with Crippen LogP contribution in [0.3, 0.4) is 0 Å². The van der Waals surface area contributed by atoms with Gasteiger partial charge in [-0.3, -0.25) is 4.79 Å². The molecule has 0 radical (unpaired) electrons. The lowest BCUT2D eigenvalue weighted by Crippen LogP contribution is -2.38. The van der Waals surface area contributed by atoms with Gasteiger partial charge in [0.15, 0.2) is 0 Å². The zero-order valence-electron chi connectivity index (χ0n) is 12.7. The van der Waals surface area contributed by atoms with E-state index in [0.29, 0.717) is 6.42 Å². The topological polar surface area (TPSA) is 43.8 Å². The van der Waals surface area contributed by atoms with Gasteiger partial charge in [-0.05, 0) is 77.2 Å². The third-order valence-corrected chi connectivity index (χ3v) is 4.79. The lowest BCUT2D eigenvalue weighted by molar-refractivity contribution is -0.137. The fourth-order valence-electron chi connectivity index (χ4n) is 3.51. The third-order valence-electron chi connectivity index (χ3n) is 4.79. The van der Waals surface area contributed by atoms with Crippen molar-refractivity contribution >= 4 is 5.97 Å². The molecule has 0 aromatic carbocycles. The van der Waals surface area contributed by atoms with E-state index < -0.39 is 5.97 Å². The van der Waals surface area contributed by atoms with Crippen molar-refractivity contribution in [3.8, 4) is 0 Å². The molecule has 2 rings (SSSR count). The van der Waals surface area contributed by atoms with E-state index in [1.54, 1.807) is 0 Å². The van der Waals surface area contributed by atoms with Crippen LogP contribution in [0.1, 0.15) is 51.4 Å². The van der Waals surface area contributed by atoms with E-state index in [1.165, 1.54) is 58.4 Å². The van der Waals surface area contributed by atoms with Gasteiger partial charge in [0.2, 0.25) is 0 Å². The van der Waals surface area contributed by atoms with Crippen LogP contribution < -0.4 is 0 Å². The molecule has 2 aliphatic heterocycles. The number of nitrogens with zero attached hydrogens (tertiary/aromatic N) is 2. The monoisotopic (exact) mass is 282 g/mol. The van der Waals surface area contributed by atoms with Crippen molar-refractivity contribution in [2.24, 2.45) is 5.92 Å². The van der Waals surface area contributed by atoms with Crippen LogP contribution in [0.4, 0.5) is 0 Å². The summed E-state index contributed by atoms with van der Waals surface area (Å²) in [4.78, 5) is 15.6. The molecule has 20 heavy (non-hydrogen) atoms. The Morgan fingerprint density at radius 2 is 1.65 bits per heavy atom. The van der Waals surface area contributed by atoms with Gasteiger partial charge < -0.3 is 14.9 Å². The van der Waals surface area contributed by atoms with Gasteiger partial charge in [-0.1, -0.05) is 6.42 Å². The van der Waals surface area contributed by atoms with Crippen LogP contribution in [0.5, 0.6) is 0 Å². The molecular weight excluding hydrogens is 252 g/mol. The summed E-state index contributed by atoms with van der Waals surface area (Å²) >= 11 is 0. The number of piperidine rings is 1. The highest BCUT2D eigenvalue weighted by molar-refractivity contribution is 5.66. The molecule has 4 nitrogen and oxygen atoms in total. The van der Waals surface area contributed by atoms with E-state index in [1.807, 2.05) is 0 Å². The molecular formula is C16H30N2O2. The molecule has 0 aromatic heterocycles. The average Bonchev–Trinajstić information content (AvgIpc) is 2.93. The molecule has 0 aromatic rings. The van der Waals surface area contributed by atoms with E-state index in [4.69, 9.17) is 5.11 Å². The van der Waals surface area contributed by atoms with Crippen molar-refractivity contribution < 1.29 is 9.90 Å². The highest BCUT2D eigenvalue weighted by Gasteiger charge is 2.22. The molecule has 2 heterocycles. The van der Waals surface area contributed by atoms with Gasteiger partial charge in [-0.25, -0.2) is 0 Å². The SMILES string of the molecule is O=C(O)CCCCCN1CCC(CN2CCCC2)CC1. The smallest absolute Gasteiger partial charge is 0.303 e. The van der Waals surface area contributed by atoms with Gasteiger partial charge in [-0.2, -0.15) is 0 Å². The summed E-state index contributed by atoms with van der Waals surface area (Å²) in [5.41, 5.74) is 0. The third kappa shape index (κ3) is 5.80. The molecule has 0 unspecified atom stereocenters. The number of carboxylic acids is 1. The lowest BCUT2D eigenvalue weighted by atomic mass is 9.96. The molecule has 1 N–H and O–H groups in total. The van der Waals surface area contributed by atoms with Gasteiger partial charge in [-0.15, -0.1) is 0 Å². The van der Waals surface area contributed by atoms with Gasteiger partial charge in [0.25, 0.3) is 0 Å². The minimum absolute atomic E-state index is 0.331. The van der Waals surface area contributed by atoms with E-state index in [0.717, 1.165) is 31.7 Å². The van der Waals surface area contributed by atoms with Gasteiger partial charge in [0.1, 0.15) is 0 Å². The minimum Gasteiger partial charge on any atom is -0.481 e. The summed E-state index contributed by atoms with van der Waals surface area (Å²) in [6.07, 6.45) is 8.88. The van der Waals surface area contributed by atoms with Crippen molar-refractivity contribution in [3.05, 3.63) is 0 Å². The summed E-state index contributed by atoms with van der Waals surface area (Å²) in [6, 6.07) is 0. The Balaban J connectivity index is 1.49. The zero-order valence-corrected chi connectivity index (χ0v) is 12.7. The second kappa shape index (κ2) is 8.63. The van der Waals surface area contributed by atoms with E-state index in [2.05, 4.69) is 9.80 Å². The number of carbonyl (C=O) groups is 1. The highest BCUT2D eigenvalue weighted by Crippen LogP contribution is 2.21. The van der Waals surface area contributed by atoms with Crippen LogP contribution in [0.2, 0.25) is 0 Å². The van der Waals surface area contributed by atoms with Gasteiger partial charge in [0.05, 0.1) is 0 Å². The number of rotatable bonds is 8. The first-order valence-corrected chi connectivity index (χ1v) is 8.40. The van der Waals surface area contributed by atoms with Crippen LogP contribution in [0, 0.1) is 5.92 Å². The van der Waals surface area contributed by atoms with E-state index in [-0.39, 0.29) is 0 Å². The molecule has 2 fully saturated rings. The number of aliphatic carboxylic acids is 1. The van der Waals surface area contributed by atoms with E-state index >= 15 is 0 Å². The van der Waals surface area contributed by atoms with Crippen LogP contribution in [0.25, 0.3) is 0 Å². The maximum absolute atomic E-state index is 10.4. The van der Waals surface area contributed by atoms with Crippen molar-refractivity contribution in [2.45, 2.75) is 51.4 Å². The Bertz CT molecular complexity index is 282. The van der Waals surface area contributed by atoms with Crippen LogP contribution in [-0.2, 0) is 4.79 Å². The number of carboxylic acid groups (broad SMARTS) is 1. The quantitative estimate of drug-likeness (QED) is 0.695. The standard InChI is InChI=1S/C16H30N2O2/c19-16(20)6-2-1-3-9-17-12-7-15(8-13-17)14-18-10-4-5-11-18/h15H,1-14H2,(H,19,20). The van der Waals surface area contributed by atoms with Crippen molar-refractivity contribution in [1.29, 1.82) is 0 Å². The Morgan fingerprint density at radius 1 is 0.950 bits per heavy atom. The van der Waals surface area contributed by atoms with Crippen molar-refractivity contribution in [3.63, 3.8) is 0 Å². The Morgan fingerprint density at radius 3 is 2.30 bits per heavy atom. The van der Waals surface area contributed by atoms with Crippen molar-refractivity contribution in [1.82, 2.24) is 9.80 Å². The van der Waals surface area contributed by atoms with Gasteiger partial charge >= 0.3 is 5.97 Å². The first kappa shape index (κ1) is 15.8. The molecule has 0 amide bonds. The maximum Gasteiger partial charge on any atom is 0.303 e. The second-order valence-electron chi connectivity index (χ2n) is 6.50. The number of hydrogen-bond donors (Lipinski definition) is 1. The summed E-state index contributed by atoms with van der Waals surface area (Å²) in [5.74, 6) is 0.254. The fraction of sp³-hybridized carbons (Fsp3) is 0.938. The number of likely N-dealkylation sites (tertiary alicyclic amines) is 2. The predicted molar refractivity (Wildman–Crippen MR) is 80.9 cm³/mol. The highest BCUT2D eigenvalue weighted by atomic mass is 16.4. The predicted octanol–water partition coefficient (Wildman–Crippen LogP) is 2.44. The molecule has 0 bridgehead atoms. The maximum atomic E-state index is 10.4. The van der Waals surface area contributed by atoms with Crippen LogP contribution in [-0.4, -0.2) is 60.1 Å². The van der Waals surface area contributed by atoms with Gasteiger partial charge in [0, 0.05) is 13.0 Å². The number of unbranched alkanes of at least 4 members (excludes halogenated alkanes) is 2. The summed E-state index contributed by atoms with van der Waals surface area (Å²) in [5, 5.41) is 8.59. The zero-order chi connectivity index (χ0) is 14.2. The Hall–Kier alpha value is -0.610. The molecule has 0 atom stereocenters. The first-order valence-electron chi connectivity index (χ1n) is 8.40. The molecule has 2 saturated heterocycles. The molecule has 2 aliphatic rings. The molecule has 0 spiro atoms. The normalized spacial score (nSPS) is 22.4. The Labute approximate surface area is 123 Å². The molecule has 0 aliphatic carbocycles. The lowest BCUT2D eigenvalue weighted by Gasteiger charge is -2.33. The Kier molecular flexibility index (Phi) is 6.80. The first-order chi connectivity index (χ1) is 9.74. The van der Waals surface area contributed by atoms with Crippen LogP contribution in [0.15, 0.2) is 0 Å². The number of hydrogen-bond acceptors (Lipinski definition) is 3. The van der Waals surface area contributed by atoms with Crippen molar-refractivity contribution in [2.75, 3.05) is 39.3 Å².